The van der Waals surface area contributed by atoms with Crippen molar-refractivity contribution in [2.24, 2.45) is 0 Å². The second-order valence-electron chi connectivity index (χ2n) is 3.58. The summed E-state index contributed by atoms with van der Waals surface area (Å²) in [5.41, 5.74) is 0.470. The first-order valence-corrected chi connectivity index (χ1v) is 6.45. The summed E-state index contributed by atoms with van der Waals surface area (Å²) < 4.78 is 28.6. The van der Waals surface area contributed by atoms with Crippen LogP contribution in [0.4, 0.5) is 8.78 Å². The molecule has 0 amide bonds. The van der Waals surface area contributed by atoms with Gasteiger partial charge in [-0.25, -0.2) is 8.78 Å². The Hall–Kier alpha value is -1.25. The number of hydrogen-bond acceptors (Lipinski definition) is 1. The molecule has 5 heteroatoms. The lowest BCUT2D eigenvalue weighted by molar-refractivity contribution is 0.577. The van der Waals surface area contributed by atoms with Crippen LogP contribution in [-0.4, -0.2) is 0 Å². The summed E-state index contributed by atoms with van der Waals surface area (Å²) in [5, 5.41) is 8.60. The first-order valence-electron chi connectivity index (χ1n) is 4.87. The van der Waals surface area contributed by atoms with Crippen LogP contribution >= 0.6 is 31.9 Å². The predicted molar refractivity (Wildman–Crippen MR) is 71.9 cm³/mol. The fourth-order valence-electron chi connectivity index (χ4n) is 1.57. The first-order chi connectivity index (χ1) is 8.51. The molecule has 0 spiro atoms. The zero-order valence-corrected chi connectivity index (χ0v) is 12.0. The fourth-order valence-corrected chi connectivity index (χ4v) is 2.86. The Kier molecular flexibility index (Phi) is 3.79. The third-order valence-corrected chi connectivity index (χ3v) is 3.27. The van der Waals surface area contributed by atoms with Gasteiger partial charge in [-0.1, -0.05) is 31.9 Å². The van der Waals surface area contributed by atoms with Gasteiger partial charge in [-0.3, -0.25) is 0 Å². The van der Waals surface area contributed by atoms with E-state index in [0.29, 0.717) is 11.1 Å². The molecule has 90 valence electrons. The molecule has 2 rings (SSSR count). The Morgan fingerprint density at radius 3 is 1.72 bits per heavy atom. The van der Waals surface area contributed by atoms with Gasteiger partial charge in [0.1, 0.15) is 23.3 Å². The quantitative estimate of drug-likeness (QED) is 0.688. The van der Waals surface area contributed by atoms with Gasteiger partial charge in [0.2, 0.25) is 0 Å². The Labute approximate surface area is 119 Å². The van der Waals surface area contributed by atoms with E-state index in [1.54, 1.807) is 12.1 Å². The average molecular weight is 373 g/mol. The van der Waals surface area contributed by atoms with Gasteiger partial charge in [-0.15, -0.1) is 0 Å². The molecule has 0 aliphatic rings. The molecule has 0 aromatic heterocycles. The molecule has 0 heterocycles. The second-order valence-corrected chi connectivity index (χ2v) is 5.42. The van der Waals surface area contributed by atoms with E-state index >= 15 is 0 Å². The Balaban J connectivity index is 2.62. The molecule has 0 bridgehead atoms. The summed E-state index contributed by atoms with van der Waals surface area (Å²) in [7, 11) is 0. The van der Waals surface area contributed by atoms with Gasteiger partial charge < -0.3 is 0 Å². The van der Waals surface area contributed by atoms with Crippen molar-refractivity contribution < 1.29 is 8.78 Å². The van der Waals surface area contributed by atoms with E-state index in [1.165, 1.54) is 6.07 Å². The van der Waals surface area contributed by atoms with Crippen molar-refractivity contribution in [1.29, 1.82) is 5.26 Å². The molecule has 0 radical (unpaired) electrons. The first kappa shape index (κ1) is 13.2. The van der Waals surface area contributed by atoms with Crippen LogP contribution in [0.5, 0.6) is 0 Å². The minimum absolute atomic E-state index is 0.381. The number of benzene rings is 2. The summed E-state index contributed by atoms with van der Waals surface area (Å²) in [6.07, 6.45) is 0. The van der Waals surface area contributed by atoms with Gasteiger partial charge in [-0.05, 0) is 41.5 Å². The highest BCUT2D eigenvalue weighted by Gasteiger charge is 2.12. The van der Waals surface area contributed by atoms with Gasteiger partial charge in [0.05, 0.1) is 0 Å². The third kappa shape index (κ3) is 2.60. The maximum absolute atomic E-state index is 13.5. The molecule has 0 saturated carbocycles. The molecule has 1 nitrogen and oxygen atoms in total. The van der Waals surface area contributed by atoms with Crippen LogP contribution < -0.4 is 0 Å². The van der Waals surface area contributed by atoms with Crippen LogP contribution in [0, 0.1) is 23.0 Å². The molecule has 0 unspecified atom stereocenters. The van der Waals surface area contributed by atoms with Crippen LogP contribution in [0.3, 0.4) is 0 Å². The molecular weight excluding hydrogens is 368 g/mol. The third-order valence-electron chi connectivity index (χ3n) is 2.35. The van der Waals surface area contributed by atoms with Crippen LogP contribution in [0.1, 0.15) is 5.56 Å². The molecule has 2 aromatic carbocycles. The zero-order chi connectivity index (χ0) is 13.3. The van der Waals surface area contributed by atoms with E-state index in [1.807, 2.05) is 6.07 Å². The SMILES string of the molecule is N#Cc1c(F)cc(-c2cc(Br)cc(Br)c2)cc1F. The minimum atomic E-state index is -0.858. The van der Waals surface area contributed by atoms with E-state index < -0.39 is 17.2 Å². The maximum atomic E-state index is 13.5. The normalized spacial score (nSPS) is 10.2. The summed E-state index contributed by atoms with van der Waals surface area (Å²) in [6.45, 7) is 0. The standard InChI is InChI=1S/C13H5Br2F2N/c14-9-1-7(2-10(15)5-9)8-3-12(16)11(6-18)13(17)4-8/h1-5H. The summed E-state index contributed by atoms with van der Waals surface area (Å²) in [5.74, 6) is -1.72. The topological polar surface area (TPSA) is 23.8 Å². The molecule has 0 fully saturated rings. The van der Waals surface area contributed by atoms with E-state index in [2.05, 4.69) is 31.9 Å². The van der Waals surface area contributed by atoms with Crippen molar-refractivity contribution in [1.82, 2.24) is 0 Å². The maximum Gasteiger partial charge on any atom is 0.144 e. The smallest absolute Gasteiger partial charge is 0.144 e. The van der Waals surface area contributed by atoms with E-state index in [0.717, 1.165) is 21.1 Å². The summed E-state index contributed by atoms with van der Waals surface area (Å²) >= 11 is 6.61. The predicted octanol–water partition coefficient (Wildman–Crippen LogP) is 5.03. The van der Waals surface area contributed by atoms with Crippen LogP contribution in [0.25, 0.3) is 11.1 Å². The van der Waals surface area contributed by atoms with Crippen LogP contribution in [0.2, 0.25) is 0 Å². The number of nitrogens with zero attached hydrogens (tertiary/aromatic N) is 1. The Morgan fingerprint density at radius 2 is 1.28 bits per heavy atom. The van der Waals surface area contributed by atoms with E-state index in [4.69, 9.17) is 5.26 Å². The van der Waals surface area contributed by atoms with E-state index in [9.17, 15) is 8.78 Å². The molecule has 18 heavy (non-hydrogen) atoms. The van der Waals surface area contributed by atoms with Crippen molar-refractivity contribution in [2.45, 2.75) is 0 Å². The molecule has 0 N–H and O–H groups in total. The van der Waals surface area contributed by atoms with Crippen molar-refractivity contribution in [3.05, 3.63) is 56.5 Å². The van der Waals surface area contributed by atoms with Crippen molar-refractivity contribution in [2.75, 3.05) is 0 Å². The molecular formula is C13H5Br2F2N. The van der Waals surface area contributed by atoms with Crippen LogP contribution in [0.15, 0.2) is 39.3 Å². The fraction of sp³-hybridized carbons (Fsp3) is 0. The number of nitriles is 1. The lowest BCUT2D eigenvalue weighted by atomic mass is 10.0. The molecule has 0 saturated heterocycles. The van der Waals surface area contributed by atoms with Crippen molar-refractivity contribution in [3.63, 3.8) is 0 Å². The van der Waals surface area contributed by atoms with Crippen molar-refractivity contribution in [3.8, 4) is 17.2 Å². The lowest BCUT2D eigenvalue weighted by Crippen LogP contribution is -1.92. The summed E-state index contributed by atoms with van der Waals surface area (Å²) in [4.78, 5) is 0. The van der Waals surface area contributed by atoms with Gasteiger partial charge in [0, 0.05) is 8.95 Å². The highest BCUT2D eigenvalue weighted by Crippen LogP contribution is 2.29. The minimum Gasteiger partial charge on any atom is -0.205 e. The monoisotopic (exact) mass is 371 g/mol. The molecule has 0 aliphatic carbocycles. The number of rotatable bonds is 1. The molecule has 2 aromatic rings. The zero-order valence-electron chi connectivity index (χ0n) is 8.85. The second kappa shape index (κ2) is 5.17. The Morgan fingerprint density at radius 1 is 0.833 bits per heavy atom. The van der Waals surface area contributed by atoms with Gasteiger partial charge in [-0.2, -0.15) is 5.26 Å². The van der Waals surface area contributed by atoms with Crippen molar-refractivity contribution >= 4 is 31.9 Å². The number of hydrogen-bond donors (Lipinski definition) is 0. The average Bonchev–Trinajstić information content (AvgIpc) is 2.27. The van der Waals surface area contributed by atoms with Gasteiger partial charge in [0.15, 0.2) is 0 Å². The van der Waals surface area contributed by atoms with E-state index in [-0.39, 0.29) is 0 Å². The highest BCUT2D eigenvalue weighted by atomic mass is 79.9. The van der Waals surface area contributed by atoms with Crippen LogP contribution in [-0.2, 0) is 0 Å². The number of halogens is 4. The van der Waals surface area contributed by atoms with Gasteiger partial charge in [0.25, 0.3) is 0 Å². The summed E-state index contributed by atoms with van der Waals surface area (Å²) in [6, 6.07) is 9.10. The molecule has 0 aliphatic heterocycles. The van der Waals surface area contributed by atoms with Gasteiger partial charge >= 0.3 is 0 Å². The molecule has 0 atom stereocenters. The largest absolute Gasteiger partial charge is 0.205 e. The lowest BCUT2D eigenvalue weighted by Gasteiger charge is -2.06. The highest BCUT2D eigenvalue weighted by molar-refractivity contribution is 9.11. The Bertz CT molecular complexity index is 619.